The standard InChI is InChI=1S/C13H17NO4/c1-18-11-5-4-9(14-6-2-3-7-14)8-10(11)12(15)13(16)17/h4-5,8,12,15H,2-3,6-7H2,1H3,(H,16,17). The molecule has 5 heteroatoms. The lowest BCUT2D eigenvalue weighted by atomic mass is 10.1. The minimum absolute atomic E-state index is 0.300. The maximum Gasteiger partial charge on any atom is 0.337 e. The number of benzene rings is 1. The zero-order valence-corrected chi connectivity index (χ0v) is 10.3. The van der Waals surface area contributed by atoms with Gasteiger partial charge in [-0.15, -0.1) is 0 Å². The molecule has 0 aromatic heterocycles. The molecule has 1 unspecified atom stereocenters. The van der Waals surface area contributed by atoms with Gasteiger partial charge in [0.1, 0.15) is 5.75 Å². The van der Waals surface area contributed by atoms with E-state index in [9.17, 15) is 9.90 Å². The first-order valence-electron chi connectivity index (χ1n) is 5.97. The Morgan fingerprint density at radius 3 is 2.61 bits per heavy atom. The molecule has 1 heterocycles. The molecule has 0 bridgehead atoms. The summed E-state index contributed by atoms with van der Waals surface area (Å²) < 4.78 is 5.09. The van der Waals surface area contributed by atoms with Crippen LogP contribution in [-0.4, -0.2) is 36.4 Å². The van der Waals surface area contributed by atoms with Crippen LogP contribution >= 0.6 is 0 Å². The predicted molar refractivity (Wildman–Crippen MR) is 67.0 cm³/mol. The molecular formula is C13H17NO4. The number of hydrogen-bond acceptors (Lipinski definition) is 4. The van der Waals surface area contributed by atoms with Crippen LogP contribution in [0.15, 0.2) is 18.2 Å². The number of carboxylic acid groups (broad SMARTS) is 1. The van der Waals surface area contributed by atoms with Crippen LogP contribution in [0.2, 0.25) is 0 Å². The summed E-state index contributed by atoms with van der Waals surface area (Å²) in [5, 5.41) is 18.6. The van der Waals surface area contributed by atoms with Crippen LogP contribution in [0.3, 0.4) is 0 Å². The summed E-state index contributed by atoms with van der Waals surface area (Å²) in [4.78, 5) is 13.1. The van der Waals surface area contributed by atoms with E-state index in [1.807, 2.05) is 6.07 Å². The molecule has 0 amide bonds. The van der Waals surface area contributed by atoms with Gasteiger partial charge in [-0.2, -0.15) is 0 Å². The number of aliphatic hydroxyl groups is 1. The molecule has 1 fully saturated rings. The third kappa shape index (κ3) is 2.41. The third-order valence-electron chi connectivity index (χ3n) is 3.21. The van der Waals surface area contributed by atoms with E-state index in [1.165, 1.54) is 7.11 Å². The van der Waals surface area contributed by atoms with Gasteiger partial charge in [-0.05, 0) is 31.0 Å². The Bertz CT molecular complexity index is 441. The number of ether oxygens (including phenoxy) is 1. The second-order valence-electron chi connectivity index (χ2n) is 4.36. The highest BCUT2D eigenvalue weighted by Gasteiger charge is 2.22. The molecule has 0 spiro atoms. The van der Waals surface area contributed by atoms with E-state index in [4.69, 9.17) is 9.84 Å². The molecular weight excluding hydrogens is 234 g/mol. The van der Waals surface area contributed by atoms with Crippen LogP contribution in [0, 0.1) is 0 Å². The van der Waals surface area contributed by atoms with Gasteiger partial charge in [-0.3, -0.25) is 0 Å². The van der Waals surface area contributed by atoms with Crippen molar-refractivity contribution >= 4 is 11.7 Å². The van der Waals surface area contributed by atoms with Crippen molar-refractivity contribution in [2.24, 2.45) is 0 Å². The molecule has 18 heavy (non-hydrogen) atoms. The van der Waals surface area contributed by atoms with Gasteiger partial charge in [-0.1, -0.05) is 0 Å². The van der Waals surface area contributed by atoms with Crippen molar-refractivity contribution in [2.45, 2.75) is 18.9 Å². The highest BCUT2D eigenvalue weighted by molar-refractivity contribution is 5.76. The van der Waals surface area contributed by atoms with Crippen molar-refractivity contribution < 1.29 is 19.7 Å². The summed E-state index contributed by atoms with van der Waals surface area (Å²) in [7, 11) is 1.46. The zero-order chi connectivity index (χ0) is 13.1. The Morgan fingerprint density at radius 1 is 1.39 bits per heavy atom. The largest absolute Gasteiger partial charge is 0.496 e. The van der Waals surface area contributed by atoms with Crippen LogP contribution in [0.5, 0.6) is 5.75 Å². The van der Waals surface area contributed by atoms with E-state index in [1.54, 1.807) is 12.1 Å². The van der Waals surface area contributed by atoms with Crippen LogP contribution in [0.4, 0.5) is 5.69 Å². The number of methoxy groups -OCH3 is 1. The summed E-state index contributed by atoms with van der Waals surface area (Å²) in [6, 6.07) is 5.29. The molecule has 0 aliphatic carbocycles. The molecule has 1 aliphatic heterocycles. The van der Waals surface area contributed by atoms with Crippen molar-refractivity contribution in [1.82, 2.24) is 0 Å². The second kappa shape index (κ2) is 5.27. The van der Waals surface area contributed by atoms with Gasteiger partial charge >= 0.3 is 5.97 Å². The van der Waals surface area contributed by atoms with Crippen LogP contribution < -0.4 is 9.64 Å². The van der Waals surface area contributed by atoms with Crippen LogP contribution in [-0.2, 0) is 4.79 Å². The summed E-state index contributed by atoms with van der Waals surface area (Å²) in [6.07, 6.45) is 0.730. The average molecular weight is 251 g/mol. The average Bonchev–Trinajstić information content (AvgIpc) is 2.90. The van der Waals surface area contributed by atoms with Crippen molar-refractivity contribution in [3.8, 4) is 5.75 Å². The molecule has 0 radical (unpaired) electrons. The van der Waals surface area contributed by atoms with E-state index in [0.29, 0.717) is 11.3 Å². The first kappa shape index (κ1) is 12.7. The van der Waals surface area contributed by atoms with Gasteiger partial charge in [-0.25, -0.2) is 4.79 Å². The first-order chi connectivity index (χ1) is 8.63. The minimum atomic E-state index is -1.55. The summed E-state index contributed by atoms with van der Waals surface area (Å²) in [6.45, 7) is 1.93. The SMILES string of the molecule is COc1ccc(N2CCCC2)cc1C(O)C(=O)O. The fourth-order valence-corrected chi connectivity index (χ4v) is 2.24. The second-order valence-corrected chi connectivity index (χ2v) is 4.36. The van der Waals surface area contributed by atoms with Gasteiger partial charge in [0, 0.05) is 24.3 Å². The monoisotopic (exact) mass is 251 g/mol. The van der Waals surface area contributed by atoms with Gasteiger partial charge in [0.25, 0.3) is 0 Å². The lowest BCUT2D eigenvalue weighted by Gasteiger charge is -2.20. The van der Waals surface area contributed by atoms with Gasteiger partial charge < -0.3 is 19.8 Å². The Balaban J connectivity index is 2.35. The third-order valence-corrected chi connectivity index (χ3v) is 3.21. The molecule has 98 valence electrons. The van der Waals surface area contributed by atoms with Crippen molar-refractivity contribution in [1.29, 1.82) is 0 Å². The maximum atomic E-state index is 10.9. The van der Waals surface area contributed by atoms with E-state index in [0.717, 1.165) is 31.6 Å². The smallest absolute Gasteiger partial charge is 0.337 e. The number of anilines is 1. The normalized spacial score (nSPS) is 16.7. The predicted octanol–water partition coefficient (Wildman–Crippen LogP) is 1.41. The summed E-state index contributed by atoms with van der Waals surface area (Å²) >= 11 is 0. The summed E-state index contributed by atoms with van der Waals surface area (Å²) in [5.74, 6) is -0.875. The zero-order valence-electron chi connectivity index (χ0n) is 10.3. The maximum absolute atomic E-state index is 10.9. The number of aliphatic carboxylic acids is 1. The molecule has 2 rings (SSSR count). The fourth-order valence-electron chi connectivity index (χ4n) is 2.24. The van der Waals surface area contributed by atoms with Gasteiger partial charge in [0.05, 0.1) is 7.11 Å². The fraction of sp³-hybridized carbons (Fsp3) is 0.462. The molecule has 1 saturated heterocycles. The molecule has 2 N–H and O–H groups in total. The van der Waals surface area contributed by atoms with Crippen LogP contribution in [0.25, 0.3) is 0 Å². The highest BCUT2D eigenvalue weighted by Crippen LogP contribution is 2.31. The lowest BCUT2D eigenvalue weighted by Crippen LogP contribution is -2.19. The molecule has 1 aliphatic rings. The molecule has 1 aromatic rings. The Morgan fingerprint density at radius 2 is 2.06 bits per heavy atom. The Hall–Kier alpha value is -1.75. The Kier molecular flexibility index (Phi) is 3.72. The lowest BCUT2D eigenvalue weighted by molar-refractivity contribution is -0.147. The quantitative estimate of drug-likeness (QED) is 0.846. The molecule has 1 aromatic carbocycles. The van der Waals surface area contributed by atoms with Crippen molar-refractivity contribution in [3.63, 3.8) is 0 Å². The van der Waals surface area contributed by atoms with Crippen molar-refractivity contribution in [3.05, 3.63) is 23.8 Å². The minimum Gasteiger partial charge on any atom is -0.496 e. The number of hydrogen-bond donors (Lipinski definition) is 2. The highest BCUT2D eigenvalue weighted by atomic mass is 16.5. The van der Waals surface area contributed by atoms with Crippen molar-refractivity contribution in [2.75, 3.05) is 25.1 Å². The van der Waals surface area contributed by atoms with E-state index in [-0.39, 0.29) is 0 Å². The number of aliphatic hydroxyl groups excluding tert-OH is 1. The first-order valence-corrected chi connectivity index (χ1v) is 5.97. The van der Waals surface area contributed by atoms with E-state index < -0.39 is 12.1 Å². The Labute approximate surface area is 106 Å². The molecule has 5 nitrogen and oxygen atoms in total. The van der Waals surface area contributed by atoms with Gasteiger partial charge in [0.2, 0.25) is 0 Å². The number of rotatable bonds is 4. The molecule has 1 atom stereocenters. The topological polar surface area (TPSA) is 70.0 Å². The van der Waals surface area contributed by atoms with E-state index >= 15 is 0 Å². The number of nitrogens with zero attached hydrogens (tertiary/aromatic N) is 1. The van der Waals surface area contributed by atoms with Gasteiger partial charge in [0.15, 0.2) is 6.10 Å². The number of carboxylic acids is 1. The van der Waals surface area contributed by atoms with E-state index in [2.05, 4.69) is 4.90 Å². The van der Waals surface area contributed by atoms with Crippen LogP contribution in [0.1, 0.15) is 24.5 Å². The molecule has 0 saturated carbocycles. The number of carbonyl (C=O) groups is 1. The summed E-state index contributed by atoms with van der Waals surface area (Å²) in [5.41, 5.74) is 1.23.